The van der Waals surface area contributed by atoms with Crippen LogP contribution in [-0.4, -0.2) is 16.3 Å². The van der Waals surface area contributed by atoms with Crippen LogP contribution in [0.4, 0.5) is 0 Å². The lowest BCUT2D eigenvalue weighted by molar-refractivity contribution is 0.356. The third-order valence-electron chi connectivity index (χ3n) is 8.10. The molecule has 0 aromatic carbocycles. The van der Waals surface area contributed by atoms with Crippen LogP contribution in [0.1, 0.15) is 206 Å². The highest BCUT2D eigenvalue weighted by Gasteiger charge is 2.09. The molecule has 230 valence electrons. The highest BCUT2D eigenvalue weighted by molar-refractivity contribution is 7.49. The third kappa shape index (κ3) is 36.1. The van der Waals surface area contributed by atoms with E-state index in [0.29, 0.717) is 6.54 Å². The number of hydrogen-bond donors (Lipinski definition) is 3. The van der Waals surface area contributed by atoms with Crippen LogP contribution in [0, 0.1) is 0 Å². The fraction of sp³-hybridized carbons (Fsp3) is 1.00. The number of unbranched alkanes of at least 4 members (excludes halogenated alkanes) is 30. The molecule has 0 aliphatic carbocycles. The molecule has 0 bridgehead atoms. The number of hydrogen-bond acceptors (Lipinski definition) is 1. The van der Waals surface area contributed by atoms with Crippen molar-refractivity contribution in [3.63, 3.8) is 0 Å². The maximum absolute atomic E-state index is 10.7. The Balaban J connectivity index is 3.04. The lowest BCUT2D eigenvalue weighted by Crippen LogP contribution is -2.10. The van der Waals surface area contributed by atoms with Crippen molar-refractivity contribution < 1.29 is 14.4 Å². The van der Waals surface area contributed by atoms with E-state index in [-0.39, 0.29) is 0 Å². The van der Waals surface area contributed by atoms with Gasteiger partial charge < -0.3 is 9.79 Å². The SMILES string of the molecule is CCCCCCCCCCCCCCCCCCCCCCCCCCCCCCCCCNP(=O)(O)O. The second kappa shape index (κ2) is 31.6. The molecule has 0 saturated carbocycles. The fourth-order valence-corrected chi connectivity index (χ4v) is 6.00. The Labute approximate surface area is 239 Å². The largest absolute Gasteiger partial charge is 0.400 e. The first kappa shape index (κ1) is 38.1. The molecule has 0 fully saturated rings. The van der Waals surface area contributed by atoms with Gasteiger partial charge in [-0.3, -0.25) is 0 Å². The first-order valence-electron chi connectivity index (χ1n) is 17.4. The summed E-state index contributed by atoms with van der Waals surface area (Å²) in [6, 6.07) is 0. The van der Waals surface area contributed by atoms with E-state index in [1.54, 1.807) is 0 Å². The predicted molar refractivity (Wildman–Crippen MR) is 169 cm³/mol. The van der Waals surface area contributed by atoms with Crippen LogP contribution in [0.5, 0.6) is 0 Å². The van der Waals surface area contributed by atoms with Crippen molar-refractivity contribution in [2.45, 2.75) is 206 Å². The molecule has 5 heteroatoms. The smallest absolute Gasteiger partial charge is 0.313 e. The van der Waals surface area contributed by atoms with Crippen LogP contribution in [-0.2, 0) is 4.57 Å². The van der Waals surface area contributed by atoms with Crippen LogP contribution >= 0.6 is 7.75 Å². The summed E-state index contributed by atoms with van der Waals surface area (Å²) >= 11 is 0. The molecule has 0 aromatic heterocycles. The summed E-state index contributed by atoms with van der Waals surface area (Å²) in [5, 5.41) is 2.26. The van der Waals surface area contributed by atoms with E-state index in [2.05, 4.69) is 12.0 Å². The minimum atomic E-state index is -4.02. The second-order valence-corrected chi connectivity index (χ2v) is 13.5. The first-order valence-corrected chi connectivity index (χ1v) is 19.0. The van der Waals surface area contributed by atoms with Crippen molar-refractivity contribution in [2.75, 3.05) is 6.54 Å². The Kier molecular flexibility index (Phi) is 31.7. The van der Waals surface area contributed by atoms with Gasteiger partial charge in [-0.2, -0.15) is 0 Å². The van der Waals surface area contributed by atoms with Gasteiger partial charge in [0, 0.05) is 6.54 Å². The molecular weight excluding hydrogens is 489 g/mol. The van der Waals surface area contributed by atoms with Gasteiger partial charge in [-0.15, -0.1) is 0 Å². The van der Waals surface area contributed by atoms with Gasteiger partial charge in [0.25, 0.3) is 0 Å². The lowest BCUT2D eigenvalue weighted by atomic mass is 10.0. The van der Waals surface area contributed by atoms with Gasteiger partial charge in [-0.05, 0) is 6.42 Å². The summed E-state index contributed by atoms with van der Waals surface area (Å²) < 4.78 is 10.7. The normalized spacial score (nSPS) is 12.0. The summed E-state index contributed by atoms with van der Waals surface area (Å²) in [5.41, 5.74) is 0. The van der Waals surface area contributed by atoms with Crippen molar-refractivity contribution >= 4 is 7.75 Å². The Bertz CT molecular complexity index is 483. The second-order valence-electron chi connectivity index (χ2n) is 12.1. The van der Waals surface area contributed by atoms with Crippen molar-refractivity contribution in [2.24, 2.45) is 0 Å². The molecule has 4 nitrogen and oxygen atoms in total. The van der Waals surface area contributed by atoms with E-state index in [0.717, 1.165) is 12.8 Å². The van der Waals surface area contributed by atoms with E-state index in [4.69, 9.17) is 9.79 Å². The van der Waals surface area contributed by atoms with Crippen LogP contribution < -0.4 is 5.09 Å². The Morgan fingerprint density at radius 1 is 0.368 bits per heavy atom. The highest BCUT2D eigenvalue weighted by Crippen LogP contribution is 2.27. The van der Waals surface area contributed by atoms with Crippen molar-refractivity contribution in [1.29, 1.82) is 0 Å². The summed E-state index contributed by atoms with van der Waals surface area (Å²) in [6.45, 7) is 2.72. The molecular formula is C33H70NO3P. The molecule has 38 heavy (non-hydrogen) atoms. The Hall–Kier alpha value is 0.110. The van der Waals surface area contributed by atoms with Gasteiger partial charge in [0.1, 0.15) is 0 Å². The maximum Gasteiger partial charge on any atom is 0.400 e. The minimum Gasteiger partial charge on any atom is -0.313 e. The fourth-order valence-electron chi connectivity index (χ4n) is 5.55. The molecule has 0 saturated heterocycles. The summed E-state index contributed by atoms with van der Waals surface area (Å²) in [4.78, 5) is 17.5. The van der Waals surface area contributed by atoms with Crippen molar-refractivity contribution in [1.82, 2.24) is 5.09 Å². The predicted octanol–water partition coefficient (Wildman–Crippen LogP) is 11.8. The van der Waals surface area contributed by atoms with E-state index >= 15 is 0 Å². The van der Waals surface area contributed by atoms with Crippen LogP contribution in [0.15, 0.2) is 0 Å². The average molecular weight is 560 g/mol. The topological polar surface area (TPSA) is 69.6 Å². The molecule has 0 spiro atoms. The molecule has 0 atom stereocenters. The Morgan fingerprint density at radius 3 is 0.737 bits per heavy atom. The Morgan fingerprint density at radius 2 is 0.553 bits per heavy atom. The maximum atomic E-state index is 10.7. The van der Waals surface area contributed by atoms with Crippen LogP contribution in [0.25, 0.3) is 0 Å². The zero-order valence-corrected chi connectivity index (χ0v) is 26.8. The summed E-state index contributed by atoms with van der Waals surface area (Å²) in [5.74, 6) is 0. The van der Waals surface area contributed by atoms with Crippen LogP contribution in [0.2, 0.25) is 0 Å². The monoisotopic (exact) mass is 560 g/mol. The number of rotatable bonds is 33. The molecule has 0 rings (SSSR count). The standard InChI is InChI=1S/C33H70NO3P/c1-2-3-4-5-6-7-8-9-10-11-12-13-14-15-16-17-18-19-20-21-22-23-24-25-26-27-28-29-30-31-32-33-34-38(35,36)37/h2-33H2,1H3,(H3,34,35,36,37). The molecule has 0 aliphatic rings. The molecule has 0 aromatic rings. The van der Waals surface area contributed by atoms with Crippen molar-refractivity contribution in [3.8, 4) is 0 Å². The molecule has 0 heterocycles. The molecule has 0 aliphatic heterocycles. The van der Waals surface area contributed by atoms with Crippen LogP contribution in [0.3, 0.4) is 0 Å². The minimum absolute atomic E-state index is 0.420. The van der Waals surface area contributed by atoms with Gasteiger partial charge in [0.15, 0.2) is 0 Å². The molecule has 0 radical (unpaired) electrons. The van der Waals surface area contributed by atoms with Gasteiger partial charge in [-0.1, -0.05) is 200 Å². The van der Waals surface area contributed by atoms with E-state index < -0.39 is 7.75 Å². The zero-order chi connectivity index (χ0) is 27.8. The van der Waals surface area contributed by atoms with E-state index in [1.807, 2.05) is 0 Å². The third-order valence-corrected chi connectivity index (χ3v) is 8.73. The molecule has 0 unspecified atom stereocenters. The first-order chi connectivity index (χ1) is 18.6. The average Bonchev–Trinajstić information content (AvgIpc) is 2.88. The zero-order valence-electron chi connectivity index (χ0n) is 25.9. The van der Waals surface area contributed by atoms with Crippen molar-refractivity contribution in [3.05, 3.63) is 0 Å². The quantitative estimate of drug-likeness (QED) is 0.0552. The highest BCUT2D eigenvalue weighted by atomic mass is 31.2. The van der Waals surface area contributed by atoms with Gasteiger partial charge >= 0.3 is 7.75 Å². The van der Waals surface area contributed by atoms with E-state index in [1.165, 1.54) is 186 Å². The van der Waals surface area contributed by atoms with Gasteiger partial charge in [0.05, 0.1) is 0 Å². The van der Waals surface area contributed by atoms with Gasteiger partial charge in [0.2, 0.25) is 0 Å². The van der Waals surface area contributed by atoms with E-state index in [9.17, 15) is 4.57 Å². The lowest BCUT2D eigenvalue weighted by Gasteiger charge is -2.06. The van der Waals surface area contributed by atoms with Gasteiger partial charge in [-0.25, -0.2) is 9.65 Å². The number of nitrogens with one attached hydrogen (secondary N) is 1. The summed E-state index contributed by atoms with van der Waals surface area (Å²) in [7, 11) is -4.02. The molecule has 3 N–H and O–H groups in total. The summed E-state index contributed by atoms with van der Waals surface area (Å²) in [6.07, 6.45) is 43.2. The molecule has 0 amide bonds.